The minimum absolute atomic E-state index is 0.208. The van der Waals surface area contributed by atoms with Gasteiger partial charge in [0.25, 0.3) is 0 Å². The monoisotopic (exact) mass is 229 g/mol. The Bertz CT molecular complexity index is 370. The fourth-order valence-corrected chi connectivity index (χ4v) is 1.64. The molecule has 0 radical (unpaired) electrons. The lowest BCUT2D eigenvalue weighted by Gasteiger charge is -2.05. The largest absolute Gasteiger partial charge is 0.320 e. The quantitative estimate of drug-likeness (QED) is 0.729. The van der Waals surface area contributed by atoms with Crippen LogP contribution in [0.25, 0.3) is 0 Å². The van der Waals surface area contributed by atoms with E-state index in [9.17, 15) is 4.79 Å². The van der Waals surface area contributed by atoms with E-state index in [1.165, 1.54) is 5.56 Å². The van der Waals surface area contributed by atoms with Crippen molar-refractivity contribution in [1.82, 2.24) is 4.90 Å². The van der Waals surface area contributed by atoms with Crippen molar-refractivity contribution in [2.24, 2.45) is 0 Å². The second-order valence-electron chi connectivity index (χ2n) is 3.85. The molecule has 90 valence electrons. The van der Waals surface area contributed by atoms with Gasteiger partial charge < -0.3 is 4.90 Å². The van der Waals surface area contributed by atoms with Crippen LogP contribution in [0, 0.1) is 0 Å². The van der Waals surface area contributed by atoms with Crippen LogP contribution in [-0.4, -0.2) is 17.4 Å². The fourth-order valence-electron chi connectivity index (χ4n) is 1.64. The van der Waals surface area contributed by atoms with E-state index in [2.05, 4.69) is 25.3 Å². The van der Waals surface area contributed by atoms with Gasteiger partial charge in [-0.15, -0.1) is 6.58 Å². The number of carbonyl (C=O) groups is 1. The molecule has 0 unspecified atom stereocenters. The molecule has 0 aromatic heterocycles. The predicted molar refractivity (Wildman–Crippen MR) is 71.5 cm³/mol. The Hall–Kier alpha value is -1.83. The summed E-state index contributed by atoms with van der Waals surface area (Å²) in [7, 11) is 0. The zero-order valence-corrected chi connectivity index (χ0v) is 10.1. The zero-order chi connectivity index (χ0) is 12.5. The van der Waals surface area contributed by atoms with E-state index >= 15 is 0 Å². The van der Waals surface area contributed by atoms with Crippen LogP contribution >= 0.6 is 0 Å². The molecule has 0 saturated carbocycles. The first-order valence-corrected chi connectivity index (χ1v) is 5.84. The van der Waals surface area contributed by atoms with E-state index in [4.69, 9.17) is 0 Å². The molecule has 17 heavy (non-hydrogen) atoms. The maximum Gasteiger partial charge on any atom is 0.226 e. The molecule has 1 fully saturated rings. The van der Waals surface area contributed by atoms with Crippen LogP contribution in [0.2, 0.25) is 0 Å². The normalized spacial score (nSPS) is 13.9. The van der Waals surface area contributed by atoms with E-state index < -0.39 is 0 Å². The van der Waals surface area contributed by atoms with Crippen molar-refractivity contribution in [3.05, 3.63) is 61.3 Å². The summed E-state index contributed by atoms with van der Waals surface area (Å²) in [4.78, 5) is 12.3. The second kappa shape index (κ2) is 7.44. The minimum Gasteiger partial charge on any atom is -0.320 e. The summed E-state index contributed by atoms with van der Waals surface area (Å²) in [5, 5.41) is 0. The Morgan fingerprint density at radius 3 is 2.35 bits per heavy atom. The first kappa shape index (κ1) is 13.2. The molecule has 0 bridgehead atoms. The van der Waals surface area contributed by atoms with Crippen molar-refractivity contribution < 1.29 is 4.79 Å². The number of amides is 1. The van der Waals surface area contributed by atoms with Crippen LogP contribution in [0.1, 0.15) is 18.4 Å². The van der Waals surface area contributed by atoms with E-state index in [1.807, 2.05) is 24.3 Å². The molecular weight excluding hydrogens is 210 g/mol. The molecule has 1 heterocycles. The maximum atomic E-state index is 10.7. The molecule has 1 aliphatic rings. The Morgan fingerprint density at radius 2 is 1.94 bits per heavy atom. The molecule has 1 amide bonds. The third-order valence-corrected chi connectivity index (χ3v) is 2.55. The number of benzene rings is 1. The van der Waals surface area contributed by atoms with Crippen LogP contribution in [0.5, 0.6) is 0 Å². The summed E-state index contributed by atoms with van der Waals surface area (Å²) in [6.07, 6.45) is 6.17. The molecular formula is C15H19NO. The molecule has 1 aromatic rings. The Balaban J connectivity index is 0.000000171. The van der Waals surface area contributed by atoms with Crippen LogP contribution in [-0.2, 0) is 11.2 Å². The first-order chi connectivity index (χ1) is 8.27. The molecule has 2 nitrogen and oxygen atoms in total. The Labute approximate surface area is 103 Å². The van der Waals surface area contributed by atoms with Gasteiger partial charge >= 0.3 is 0 Å². The van der Waals surface area contributed by atoms with E-state index in [0.717, 1.165) is 19.4 Å². The Morgan fingerprint density at radius 1 is 1.24 bits per heavy atom. The highest BCUT2D eigenvalue weighted by Gasteiger charge is 2.15. The van der Waals surface area contributed by atoms with E-state index in [1.54, 1.807) is 11.1 Å². The van der Waals surface area contributed by atoms with Gasteiger partial charge in [0, 0.05) is 13.0 Å². The molecule has 0 aliphatic carbocycles. The number of allylic oxidation sites excluding steroid dienone is 1. The molecule has 0 atom stereocenters. The highest BCUT2D eigenvalue weighted by Crippen LogP contribution is 2.08. The molecule has 1 saturated heterocycles. The van der Waals surface area contributed by atoms with Gasteiger partial charge in [-0.1, -0.05) is 43.0 Å². The summed E-state index contributed by atoms with van der Waals surface area (Å²) in [6, 6.07) is 10.3. The molecule has 1 aliphatic heterocycles. The van der Waals surface area contributed by atoms with Crippen LogP contribution in [0.3, 0.4) is 0 Å². The summed E-state index contributed by atoms with van der Waals surface area (Å²) in [5.41, 5.74) is 1.33. The van der Waals surface area contributed by atoms with Gasteiger partial charge in [0.2, 0.25) is 5.91 Å². The van der Waals surface area contributed by atoms with Crippen LogP contribution < -0.4 is 0 Å². The number of hydrogen-bond donors (Lipinski definition) is 0. The number of likely N-dealkylation sites (tertiary alicyclic amines) is 1. The summed E-state index contributed by atoms with van der Waals surface area (Å²) >= 11 is 0. The summed E-state index contributed by atoms with van der Waals surface area (Å²) < 4.78 is 0. The predicted octanol–water partition coefficient (Wildman–Crippen LogP) is 3.17. The molecule has 0 N–H and O–H groups in total. The van der Waals surface area contributed by atoms with Gasteiger partial charge in [-0.2, -0.15) is 0 Å². The average molecular weight is 229 g/mol. The lowest BCUT2D eigenvalue weighted by atomic mass is 10.2. The van der Waals surface area contributed by atoms with Crippen molar-refractivity contribution in [2.45, 2.75) is 19.3 Å². The fraction of sp³-hybridized carbons (Fsp3) is 0.267. The number of hydrogen-bond acceptors (Lipinski definition) is 1. The molecule has 0 spiro atoms. The average Bonchev–Trinajstić information content (AvgIpc) is 2.77. The van der Waals surface area contributed by atoms with Crippen molar-refractivity contribution in [1.29, 1.82) is 0 Å². The van der Waals surface area contributed by atoms with Gasteiger partial charge in [0.1, 0.15) is 0 Å². The SMILES string of the molecule is C=CCc1ccccc1.C=CN1CCCC1=O. The van der Waals surface area contributed by atoms with Crippen LogP contribution in [0.15, 0.2) is 55.8 Å². The van der Waals surface area contributed by atoms with Crippen LogP contribution in [0.4, 0.5) is 0 Å². The zero-order valence-electron chi connectivity index (χ0n) is 10.1. The Kier molecular flexibility index (Phi) is 5.80. The van der Waals surface area contributed by atoms with Gasteiger partial charge in [0.15, 0.2) is 0 Å². The minimum atomic E-state index is 0.208. The lowest BCUT2D eigenvalue weighted by molar-refractivity contribution is -0.125. The van der Waals surface area contributed by atoms with Crippen molar-refractivity contribution in [3.8, 4) is 0 Å². The summed E-state index contributed by atoms with van der Waals surface area (Å²) in [5.74, 6) is 0.208. The molecule has 2 heteroatoms. The number of carbonyl (C=O) groups excluding carboxylic acids is 1. The standard InChI is InChI=1S/C9H10.C6H9NO/c1-2-6-9-7-4-3-5-8-9;1-2-7-5-3-4-6(7)8/h2-5,7-8H,1,6H2;2H,1,3-5H2. The third kappa shape index (κ3) is 4.68. The summed E-state index contributed by atoms with van der Waals surface area (Å²) in [6.45, 7) is 8.02. The van der Waals surface area contributed by atoms with Crippen molar-refractivity contribution in [2.75, 3.05) is 6.54 Å². The van der Waals surface area contributed by atoms with E-state index in [-0.39, 0.29) is 5.91 Å². The van der Waals surface area contributed by atoms with Crippen molar-refractivity contribution in [3.63, 3.8) is 0 Å². The lowest BCUT2D eigenvalue weighted by Crippen LogP contribution is -2.16. The van der Waals surface area contributed by atoms with E-state index in [0.29, 0.717) is 6.42 Å². The van der Waals surface area contributed by atoms with Gasteiger partial charge in [-0.25, -0.2) is 0 Å². The third-order valence-electron chi connectivity index (χ3n) is 2.55. The van der Waals surface area contributed by atoms with Gasteiger partial charge in [0.05, 0.1) is 0 Å². The smallest absolute Gasteiger partial charge is 0.226 e. The highest BCUT2D eigenvalue weighted by molar-refractivity contribution is 5.78. The second-order valence-corrected chi connectivity index (χ2v) is 3.85. The number of nitrogens with zero attached hydrogens (tertiary/aromatic N) is 1. The maximum absolute atomic E-state index is 10.7. The molecule has 1 aromatic carbocycles. The van der Waals surface area contributed by atoms with Gasteiger partial charge in [-0.05, 0) is 24.6 Å². The molecule has 2 rings (SSSR count). The number of rotatable bonds is 3. The van der Waals surface area contributed by atoms with Gasteiger partial charge in [-0.3, -0.25) is 4.79 Å². The highest BCUT2D eigenvalue weighted by atomic mass is 16.2. The first-order valence-electron chi connectivity index (χ1n) is 5.84. The van der Waals surface area contributed by atoms with Crippen molar-refractivity contribution >= 4 is 5.91 Å². The topological polar surface area (TPSA) is 20.3 Å².